The Balaban J connectivity index is 1.46. The first-order chi connectivity index (χ1) is 12.3. The Bertz CT molecular complexity index is 929. The predicted octanol–water partition coefficient (Wildman–Crippen LogP) is 3.34. The number of hydrogen-bond acceptors (Lipinski definition) is 5. The number of aliphatic imine (C=N–C) groups is 1. The van der Waals surface area contributed by atoms with Gasteiger partial charge in [-0.15, -0.1) is 0 Å². The zero-order valence-corrected chi connectivity index (χ0v) is 13.8. The maximum absolute atomic E-state index is 5.77. The zero-order valence-electron chi connectivity index (χ0n) is 13.8. The van der Waals surface area contributed by atoms with Crippen molar-refractivity contribution in [3.8, 4) is 11.5 Å². The zero-order chi connectivity index (χ0) is 17.1. The van der Waals surface area contributed by atoms with E-state index in [9.17, 15) is 0 Å². The molecule has 6 nitrogen and oxygen atoms in total. The molecule has 25 heavy (non-hydrogen) atoms. The summed E-state index contributed by atoms with van der Waals surface area (Å²) in [5.74, 6) is 2.22. The van der Waals surface area contributed by atoms with Crippen molar-refractivity contribution in [2.24, 2.45) is 10.1 Å². The number of aromatic nitrogens is 2. The van der Waals surface area contributed by atoms with Gasteiger partial charge in [-0.2, -0.15) is 5.10 Å². The van der Waals surface area contributed by atoms with E-state index in [1.54, 1.807) is 6.20 Å². The molecule has 0 aliphatic carbocycles. The Kier molecular flexibility index (Phi) is 4.08. The summed E-state index contributed by atoms with van der Waals surface area (Å²) in [5, 5.41) is 4.30. The van der Waals surface area contributed by atoms with Crippen LogP contribution in [0.3, 0.4) is 0 Å². The fourth-order valence-corrected chi connectivity index (χ4v) is 2.59. The number of benzene rings is 1. The lowest BCUT2D eigenvalue weighted by molar-refractivity contribution is 0.539. The van der Waals surface area contributed by atoms with Gasteiger partial charge < -0.3 is 4.42 Å². The van der Waals surface area contributed by atoms with Crippen LogP contribution < -0.4 is 5.43 Å². The highest BCUT2D eigenvalue weighted by Gasteiger charge is 2.16. The normalized spacial score (nSPS) is 15.2. The highest BCUT2D eigenvalue weighted by molar-refractivity contribution is 6.14. The third-order valence-corrected chi connectivity index (χ3v) is 3.95. The molecule has 124 valence electrons. The van der Waals surface area contributed by atoms with Crippen molar-refractivity contribution >= 4 is 11.5 Å². The Labute approximate surface area is 145 Å². The van der Waals surface area contributed by atoms with Crippen LogP contribution in [0.5, 0.6) is 0 Å². The highest BCUT2D eigenvalue weighted by Crippen LogP contribution is 2.22. The Morgan fingerprint density at radius 3 is 2.76 bits per heavy atom. The van der Waals surface area contributed by atoms with Crippen LogP contribution in [0.4, 0.5) is 0 Å². The fourth-order valence-electron chi connectivity index (χ4n) is 2.59. The molecule has 1 aliphatic rings. The van der Waals surface area contributed by atoms with Crippen molar-refractivity contribution in [3.63, 3.8) is 0 Å². The maximum Gasteiger partial charge on any atom is 0.226 e. The minimum Gasteiger partial charge on any atom is -0.441 e. The lowest BCUT2D eigenvalue weighted by atomic mass is 10.2. The first-order valence-corrected chi connectivity index (χ1v) is 8.08. The molecular weight excluding hydrogens is 314 g/mol. The van der Waals surface area contributed by atoms with E-state index >= 15 is 0 Å². The molecule has 6 heteroatoms. The lowest BCUT2D eigenvalue weighted by Crippen LogP contribution is -2.11. The van der Waals surface area contributed by atoms with Gasteiger partial charge in [0.1, 0.15) is 17.3 Å². The van der Waals surface area contributed by atoms with E-state index in [1.807, 2.05) is 55.5 Å². The first kappa shape index (κ1) is 15.3. The number of rotatable bonds is 4. The molecule has 0 atom stereocenters. The number of amidine groups is 1. The summed E-state index contributed by atoms with van der Waals surface area (Å²) < 4.78 is 5.77. The van der Waals surface area contributed by atoms with Crippen LogP contribution in [0.15, 0.2) is 69.2 Å². The Morgan fingerprint density at radius 2 is 1.96 bits per heavy atom. The minimum atomic E-state index is 0.454. The number of oxazole rings is 1. The van der Waals surface area contributed by atoms with Crippen LogP contribution in [0, 0.1) is 6.92 Å². The lowest BCUT2D eigenvalue weighted by Gasteiger charge is -1.97. The van der Waals surface area contributed by atoms with Crippen molar-refractivity contribution in [2.75, 3.05) is 0 Å². The second-order valence-corrected chi connectivity index (χ2v) is 5.71. The smallest absolute Gasteiger partial charge is 0.226 e. The molecule has 4 rings (SSSR count). The minimum absolute atomic E-state index is 0.454. The van der Waals surface area contributed by atoms with Gasteiger partial charge in [0.2, 0.25) is 5.89 Å². The largest absolute Gasteiger partial charge is 0.441 e. The summed E-state index contributed by atoms with van der Waals surface area (Å²) in [4.78, 5) is 13.5. The average molecular weight is 331 g/mol. The Morgan fingerprint density at radius 1 is 1.12 bits per heavy atom. The van der Waals surface area contributed by atoms with Crippen LogP contribution in [-0.4, -0.2) is 21.5 Å². The van der Waals surface area contributed by atoms with Gasteiger partial charge in [-0.1, -0.05) is 24.3 Å². The van der Waals surface area contributed by atoms with Crippen LogP contribution in [0.1, 0.15) is 23.6 Å². The van der Waals surface area contributed by atoms with Crippen molar-refractivity contribution in [3.05, 3.63) is 71.9 Å². The summed E-state index contributed by atoms with van der Waals surface area (Å²) in [7, 11) is 0. The third-order valence-electron chi connectivity index (χ3n) is 3.95. The van der Waals surface area contributed by atoms with Gasteiger partial charge in [-0.05, 0) is 31.2 Å². The number of aryl methyl sites for hydroxylation is 1. The molecule has 1 N–H and O–H groups in total. The first-order valence-electron chi connectivity index (χ1n) is 8.08. The quantitative estimate of drug-likeness (QED) is 0.795. The SMILES string of the molecule is Cc1oc(-c2ccccc2)nc1CN=C1CC(c2ccccn2)=NN1. The summed E-state index contributed by atoms with van der Waals surface area (Å²) in [6.45, 7) is 2.36. The van der Waals surface area contributed by atoms with Gasteiger partial charge in [0.05, 0.1) is 24.4 Å². The number of nitrogens with one attached hydrogen (secondary N) is 1. The molecule has 0 amide bonds. The summed E-state index contributed by atoms with van der Waals surface area (Å²) in [6, 6.07) is 15.6. The van der Waals surface area contributed by atoms with Crippen LogP contribution >= 0.6 is 0 Å². The van der Waals surface area contributed by atoms with Gasteiger partial charge in [-0.3, -0.25) is 15.4 Å². The molecule has 0 bridgehead atoms. The summed E-state index contributed by atoms with van der Waals surface area (Å²) >= 11 is 0. The molecule has 2 aromatic heterocycles. The number of hydrogen-bond donors (Lipinski definition) is 1. The van der Waals surface area contributed by atoms with E-state index in [1.165, 1.54) is 0 Å². The molecular formula is C19H17N5O. The maximum atomic E-state index is 5.77. The van der Waals surface area contributed by atoms with Crippen molar-refractivity contribution in [2.45, 2.75) is 19.9 Å². The van der Waals surface area contributed by atoms with Gasteiger partial charge in [0, 0.05) is 11.8 Å². The molecule has 0 spiro atoms. The predicted molar refractivity (Wildman–Crippen MR) is 96.3 cm³/mol. The topological polar surface area (TPSA) is 75.7 Å². The van der Waals surface area contributed by atoms with E-state index < -0.39 is 0 Å². The van der Waals surface area contributed by atoms with Crippen LogP contribution in [0.2, 0.25) is 0 Å². The molecule has 1 aromatic carbocycles. The van der Waals surface area contributed by atoms with Gasteiger partial charge in [0.25, 0.3) is 0 Å². The summed E-state index contributed by atoms with van der Waals surface area (Å²) in [5.41, 5.74) is 6.52. The van der Waals surface area contributed by atoms with E-state index in [-0.39, 0.29) is 0 Å². The molecule has 0 radical (unpaired) electrons. The van der Waals surface area contributed by atoms with E-state index in [0.29, 0.717) is 18.9 Å². The van der Waals surface area contributed by atoms with Crippen LogP contribution in [0.25, 0.3) is 11.5 Å². The highest BCUT2D eigenvalue weighted by atomic mass is 16.4. The summed E-state index contributed by atoms with van der Waals surface area (Å²) in [6.07, 6.45) is 2.40. The molecule has 0 saturated heterocycles. The Hall–Kier alpha value is -3.28. The van der Waals surface area contributed by atoms with Gasteiger partial charge in [-0.25, -0.2) is 4.98 Å². The standard InChI is InChI=1S/C19H17N5O/c1-13-17(22-19(25-13)14-7-3-2-4-8-14)12-21-18-11-16(23-24-18)15-9-5-6-10-20-15/h2-10H,11-12H2,1H3,(H,21,24). The van der Waals surface area contributed by atoms with Crippen molar-refractivity contribution < 1.29 is 4.42 Å². The monoisotopic (exact) mass is 331 g/mol. The van der Waals surface area contributed by atoms with Gasteiger partial charge in [0.15, 0.2) is 0 Å². The van der Waals surface area contributed by atoms with Gasteiger partial charge >= 0.3 is 0 Å². The van der Waals surface area contributed by atoms with E-state index in [0.717, 1.165) is 34.3 Å². The molecule has 3 heterocycles. The van der Waals surface area contributed by atoms with Crippen LogP contribution in [-0.2, 0) is 6.54 Å². The second kappa shape index (κ2) is 6.68. The number of hydrazone groups is 1. The number of pyridine rings is 1. The van der Waals surface area contributed by atoms with Crippen molar-refractivity contribution in [1.82, 2.24) is 15.4 Å². The van der Waals surface area contributed by atoms with E-state index in [2.05, 4.69) is 25.5 Å². The molecule has 1 aliphatic heterocycles. The fraction of sp³-hybridized carbons (Fsp3) is 0.158. The molecule has 0 unspecified atom stereocenters. The van der Waals surface area contributed by atoms with E-state index in [4.69, 9.17) is 4.42 Å². The average Bonchev–Trinajstić information content (AvgIpc) is 3.28. The number of nitrogens with zero attached hydrogens (tertiary/aromatic N) is 4. The molecule has 0 fully saturated rings. The second-order valence-electron chi connectivity index (χ2n) is 5.71. The molecule has 3 aromatic rings. The van der Waals surface area contributed by atoms with Crippen molar-refractivity contribution in [1.29, 1.82) is 0 Å². The third kappa shape index (κ3) is 3.33. The molecule has 0 saturated carbocycles.